The van der Waals surface area contributed by atoms with Crippen LogP contribution in [-0.4, -0.2) is 9.97 Å². The number of benzene rings is 2. The van der Waals surface area contributed by atoms with Crippen LogP contribution in [0.1, 0.15) is 23.9 Å². The number of hydrogen-bond acceptors (Lipinski definition) is 1. The third-order valence-electron chi connectivity index (χ3n) is 3.29. The van der Waals surface area contributed by atoms with Gasteiger partial charge in [0, 0.05) is 10.9 Å². The standard InChI is InChI=1S/C16H15BrN2/c1-2-11-5-8-14-15(9-11)19-16(18-14)10-12-3-6-13(17)7-4-12/h3-9H,2,10H2,1H3,(H,18,19). The SMILES string of the molecule is CCc1ccc2nc(Cc3ccc(Br)cc3)[nH]c2c1. The summed E-state index contributed by atoms with van der Waals surface area (Å²) in [7, 11) is 0. The van der Waals surface area contributed by atoms with Crippen LogP contribution in [-0.2, 0) is 12.8 Å². The molecule has 3 rings (SSSR count). The number of halogens is 1. The smallest absolute Gasteiger partial charge is 0.111 e. The van der Waals surface area contributed by atoms with Gasteiger partial charge in [-0.2, -0.15) is 0 Å². The Balaban J connectivity index is 1.90. The van der Waals surface area contributed by atoms with Gasteiger partial charge in [0.2, 0.25) is 0 Å². The average molecular weight is 315 g/mol. The average Bonchev–Trinajstić information content (AvgIpc) is 2.82. The van der Waals surface area contributed by atoms with Gasteiger partial charge in [0.05, 0.1) is 11.0 Å². The van der Waals surface area contributed by atoms with Crippen LogP contribution in [0.5, 0.6) is 0 Å². The van der Waals surface area contributed by atoms with Gasteiger partial charge in [0.15, 0.2) is 0 Å². The maximum atomic E-state index is 4.64. The van der Waals surface area contributed by atoms with Gasteiger partial charge in [0.25, 0.3) is 0 Å². The highest BCUT2D eigenvalue weighted by Crippen LogP contribution is 2.17. The number of aryl methyl sites for hydroxylation is 1. The highest BCUT2D eigenvalue weighted by Gasteiger charge is 2.04. The summed E-state index contributed by atoms with van der Waals surface area (Å²) in [6.07, 6.45) is 1.89. The van der Waals surface area contributed by atoms with Crippen molar-refractivity contribution in [1.29, 1.82) is 0 Å². The van der Waals surface area contributed by atoms with Crippen LogP contribution in [0.15, 0.2) is 46.9 Å². The number of rotatable bonds is 3. The molecule has 0 bridgehead atoms. The number of fused-ring (bicyclic) bond motifs is 1. The Kier molecular flexibility index (Phi) is 3.38. The van der Waals surface area contributed by atoms with Crippen LogP contribution >= 0.6 is 15.9 Å². The van der Waals surface area contributed by atoms with Crippen molar-refractivity contribution < 1.29 is 0 Å². The molecule has 0 aliphatic carbocycles. The molecule has 2 aromatic carbocycles. The molecule has 19 heavy (non-hydrogen) atoms. The molecule has 1 aromatic heterocycles. The van der Waals surface area contributed by atoms with Crippen LogP contribution in [0.4, 0.5) is 0 Å². The van der Waals surface area contributed by atoms with Crippen LogP contribution in [0.2, 0.25) is 0 Å². The second-order valence-corrected chi connectivity index (χ2v) is 5.61. The summed E-state index contributed by atoms with van der Waals surface area (Å²) in [6.45, 7) is 2.17. The minimum absolute atomic E-state index is 0.837. The van der Waals surface area contributed by atoms with Crippen molar-refractivity contribution >= 4 is 27.0 Å². The molecule has 0 radical (unpaired) electrons. The van der Waals surface area contributed by atoms with Gasteiger partial charge in [0.1, 0.15) is 5.82 Å². The molecule has 0 fully saturated rings. The molecular formula is C16H15BrN2. The van der Waals surface area contributed by atoms with E-state index < -0.39 is 0 Å². The Morgan fingerprint density at radius 2 is 1.79 bits per heavy atom. The van der Waals surface area contributed by atoms with E-state index in [1.165, 1.54) is 11.1 Å². The topological polar surface area (TPSA) is 28.7 Å². The number of imidazole rings is 1. The van der Waals surface area contributed by atoms with Crippen molar-refractivity contribution in [2.24, 2.45) is 0 Å². The number of aromatic amines is 1. The molecule has 0 saturated heterocycles. The van der Waals surface area contributed by atoms with E-state index in [9.17, 15) is 0 Å². The third-order valence-corrected chi connectivity index (χ3v) is 3.82. The molecule has 0 aliphatic heterocycles. The fourth-order valence-electron chi connectivity index (χ4n) is 2.21. The molecule has 2 nitrogen and oxygen atoms in total. The van der Waals surface area contributed by atoms with Crippen molar-refractivity contribution in [2.45, 2.75) is 19.8 Å². The summed E-state index contributed by atoms with van der Waals surface area (Å²) in [4.78, 5) is 8.05. The largest absolute Gasteiger partial charge is 0.342 e. The first-order valence-electron chi connectivity index (χ1n) is 6.46. The molecule has 0 spiro atoms. The maximum Gasteiger partial charge on any atom is 0.111 e. The number of nitrogens with one attached hydrogen (secondary N) is 1. The molecule has 3 heteroatoms. The second kappa shape index (κ2) is 5.17. The summed E-state index contributed by atoms with van der Waals surface area (Å²) in [6, 6.07) is 14.8. The minimum atomic E-state index is 0.837. The van der Waals surface area contributed by atoms with Crippen molar-refractivity contribution in [2.75, 3.05) is 0 Å². The van der Waals surface area contributed by atoms with E-state index in [1.807, 2.05) is 0 Å². The number of hydrogen-bond donors (Lipinski definition) is 1. The van der Waals surface area contributed by atoms with E-state index in [0.29, 0.717) is 0 Å². The normalized spacial score (nSPS) is 11.1. The number of nitrogens with zero attached hydrogens (tertiary/aromatic N) is 1. The molecule has 1 heterocycles. The highest BCUT2D eigenvalue weighted by molar-refractivity contribution is 9.10. The summed E-state index contributed by atoms with van der Waals surface area (Å²) >= 11 is 3.45. The van der Waals surface area contributed by atoms with E-state index in [4.69, 9.17) is 0 Å². The van der Waals surface area contributed by atoms with Gasteiger partial charge in [-0.1, -0.05) is 41.1 Å². The molecule has 0 unspecified atom stereocenters. The zero-order valence-corrected chi connectivity index (χ0v) is 12.4. The Labute approximate surface area is 121 Å². The Morgan fingerprint density at radius 3 is 2.53 bits per heavy atom. The molecule has 0 atom stereocenters. The molecule has 0 amide bonds. The van der Waals surface area contributed by atoms with Gasteiger partial charge in [-0.3, -0.25) is 0 Å². The number of aromatic nitrogens is 2. The second-order valence-electron chi connectivity index (χ2n) is 4.69. The van der Waals surface area contributed by atoms with E-state index in [1.54, 1.807) is 0 Å². The van der Waals surface area contributed by atoms with E-state index in [2.05, 4.69) is 75.3 Å². The summed E-state index contributed by atoms with van der Waals surface area (Å²) in [5.74, 6) is 1.02. The van der Waals surface area contributed by atoms with Crippen LogP contribution < -0.4 is 0 Å². The van der Waals surface area contributed by atoms with E-state index >= 15 is 0 Å². The Bertz CT molecular complexity index is 698. The van der Waals surface area contributed by atoms with E-state index in [-0.39, 0.29) is 0 Å². The lowest BCUT2D eigenvalue weighted by atomic mass is 10.1. The van der Waals surface area contributed by atoms with Crippen molar-refractivity contribution in [3.05, 3.63) is 63.9 Å². The van der Waals surface area contributed by atoms with Gasteiger partial charge in [-0.05, 0) is 41.8 Å². The molecule has 1 N–H and O–H groups in total. The minimum Gasteiger partial charge on any atom is -0.342 e. The first-order chi connectivity index (χ1) is 9.24. The number of H-pyrrole nitrogens is 1. The summed E-state index contributed by atoms with van der Waals surface area (Å²) < 4.78 is 1.11. The zero-order chi connectivity index (χ0) is 13.2. The third kappa shape index (κ3) is 2.71. The quantitative estimate of drug-likeness (QED) is 0.758. The molecular weight excluding hydrogens is 300 g/mol. The van der Waals surface area contributed by atoms with Gasteiger partial charge in [-0.25, -0.2) is 4.98 Å². The van der Waals surface area contributed by atoms with Crippen LogP contribution in [0, 0.1) is 0 Å². The van der Waals surface area contributed by atoms with Crippen LogP contribution in [0.3, 0.4) is 0 Å². The lowest BCUT2D eigenvalue weighted by molar-refractivity contribution is 1.04. The van der Waals surface area contributed by atoms with Crippen molar-refractivity contribution in [3.63, 3.8) is 0 Å². The molecule has 3 aromatic rings. The van der Waals surface area contributed by atoms with Gasteiger partial charge in [-0.15, -0.1) is 0 Å². The Morgan fingerprint density at radius 1 is 1.05 bits per heavy atom. The Hall–Kier alpha value is -1.61. The summed E-state index contributed by atoms with van der Waals surface area (Å²) in [5.41, 5.74) is 4.78. The van der Waals surface area contributed by atoms with E-state index in [0.717, 1.165) is 34.2 Å². The molecule has 0 saturated carbocycles. The molecule has 0 aliphatic rings. The summed E-state index contributed by atoms with van der Waals surface area (Å²) in [5, 5.41) is 0. The van der Waals surface area contributed by atoms with Crippen molar-refractivity contribution in [3.8, 4) is 0 Å². The first-order valence-corrected chi connectivity index (χ1v) is 7.26. The lowest BCUT2D eigenvalue weighted by Crippen LogP contribution is -1.89. The fourth-order valence-corrected chi connectivity index (χ4v) is 2.47. The van der Waals surface area contributed by atoms with Gasteiger partial charge < -0.3 is 4.98 Å². The predicted octanol–water partition coefficient (Wildman–Crippen LogP) is 4.48. The van der Waals surface area contributed by atoms with Gasteiger partial charge >= 0.3 is 0 Å². The molecule has 96 valence electrons. The lowest BCUT2D eigenvalue weighted by Gasteiger charge is -1.98. The zero-order valence-electron chi connectivity index (χ0n) is 10.8. The fraction of sp³-hybridized carbons (Fsp3) is 0.188. The monoisotopic (exact) mass is 314 g/mol. The maximum absolute atomic E-state index is 4.64. The first kappa shape index (κ1) is 12.4. The predicted molar refractivity (Wildman–Crippen MR) is 82.4 cm³/mol. The van der Waals surface area contributed by atoms with Crippen molar-refractivity contribution in [1.82, 2.24) is 9.97 Å². The van der Waals surface area contributed by atoms with Crippen LogP contribution in [0.25, 0.3) is 11.0 Å². The highest BCUT2D eigenvalue weighted by atomic mass is 79.9.